The number of nitrogens with zero attached hydrogens (tertiary/aromatic N) is 1. The SMILES string of the molecule is CCC1(CCC(=O)OC)CCCN2CCc3c([nH]c4ccc(Br)cc34)C21. The predicted octanol–water partition coefficient (Wildman–Crippen LogP) is 4.97. The number of fused-ring (bicyclic) bond motifs is 5. The number of carbonyl (C=O) groups excluding carboxylic acids is 1. The van der Waals surface area contributed by atoms with Crippen LogP contribution in [-0.4, -0.2) is 36.1 Å². The van der Waals surface area contributed by atoms with E-state index in [1.165, 1.54) is 42.1 Å². The molecule has 140 valence electrons. The normalized spacial score (nSPS) is 25.7. The van der Waals surface area contributed by atoms with Gasteiger partial charge in [-0.1, -0.05) is 22.9 Å². The van der Waals surface area contributed by atoms with Gasteiger partial charge in [0.15, 0.2) is 0 Å². The molecule has 0 bridgehead atoms. The lowest BCUT2D eigenvalue weighted by atomic mass is 9.65. The molecule has 1 N–H and O–H groups in total. The molecular weight excluding hydrogens is 392 g/mol. The summed E-state index contributed by atoms with van der Waals surface area (Å²) in [5.74, 6) is -0.0911. The van der Waals surface area contributed by atoms with Gasteiger partial charge in [0.05, 0.1) is 13.2 Å². The maximum Gasteiger partial charge on any atom is 0.305 e. The smallest absolute Gasteiger partial charge is 0.305 e. The van der Waals surface area contributed by atoms with Crippen molar-refractivity contribution in [2.75, 3.05) is 20.2 Å². The van der Waals surface area contributed by atoms with Crippen LogP contribution in [0.5, 0.6) is 0 Å². The zero-order valence-electron chi connectivity index (χ0n) is 15.6. The molecule has 2 aliphatic rings. The number of nitrogens with one attached hydrogen (secondary N) is 1. The number of esters is 1. The highest BCUT2D eigenvalue weighted by Gasteiger charge is 2.47. The zero-order chi connectivity index (χ0) is 18.3. The van der Waals surface area contributed by atoms with Crippen molar-refractivity contribution in [3.63, 3.8) is 0 Å². The maximum atomic E-state index is 11.8. The van der Waals surface area contributed by atoms with E-state index in [-0.39, 0.29) is 11.4 Å². The highest BCUT2D eigenvalue weighted by Crippen LogP contribution is 2.53. The van der Waals surface area contributed by atoms with Crippen molar-refractivity contribution in [3.8, 4) is 0 Å². The molecule has 2 unspecified atom stereocenters. The summed E-state index contributed by atoms with van der Waals surface area (Å²) in [6.45, 7) is 4.55. The Labute approximate surface area is 163 Å². The van der Waals surface area contributed by atoms with E-state index >= 15 is 0 Å². The van der Waals surface area contributed by atoms with Crippen LogP contribution in [0.25, 0.3) is 10.9 Å². The molecular formula is C21H27BrN2O2. The lowest BCUT2D eigenvalue weighted by Gasteiger charge is -2.52. The highest BCUT2D eigenvalue weighted by atomic mass is 79.9. The molecule has 1 aromatic heterocycles. The summed E-state index contributed by atoms with van der Waals surface area (Å²) in [5, 5.41) is 1.34. The Kier molecular flexibility index (Phi) is 4.86. The number of halogens is 1. The third-order valence-electron chi connectivity index (χ3n) is 6.65. The number of piperidine rings is 1. The number of H-pyrrole nitrogens is 1. The number of aromatic nitrogens is 1. The van der Waals surface area contributed by atoms with Gasteiger partial charge in [0.2, 0.25) is 0 Å². The zero-order valence-corrected chi connectivity index (χ0v) is 17.2. The minimum atomic E-state index is -0.0911. The molecule has 0 saturated carbocycles. The minimum absolute atomic E-state index is 0.0911. The fourth-order valence-corrected chi connectivity index (χ4v) is 5.64. The average molecular weight is 419 g/mol. The second kappa shape index (κ2) is 7.01. The first kappa shape index (κ1) is 18.1. The van der Waals surface area contributed by atoms with Gasteiger partial charge < -0.3 is 9.72 Å². The molecule has 0 aliphatic carbocycles. The Bertz CT molecular complexity index is 831. The van der Waals surface area contributed by atoms with Gasteiger partial charge in [0.25, 0.3) is 0 Å². The topological polar surface area (TPSA) is 45.3 Å². The van der Waals surface area contributed by atoms with E-state index in [1.807, 2.05) is 0 Å². The molecule has 2 atom stereocenters. The average Bonchev–Trinajstić information content (AvgIpc) is 3.03. The van der Waals surface area contributed by atoms with E-state index in [1.54, 1.807) is 0 Å². The van der Waals surface area contributed by atoms with Crippen LogP contribution in [0.15, 0.2) is 22.7 Å². The summed E-state index contributed by atoms with van der Waals surface area (Å²) in [5.41, 5.74) is 4.22. The van der Waals surface area contributed by atoms with Crippen molar-refractivity contribution in [3.05, 3.63) is 33.9 Å². The molecule has 4 nitrogen and oxygen atoms in total. The number of hydrogen-bond acceptors (Lipinski definition) is 3. The number of methoxy groups -OCH3 is 1. The molecule has 1 fully saturated rings. The maximum absolute atomic E-state index is 11.8. The first-order valence-electron chi connectivity index (χ1n) is 9.69. The van der Waals surface area contributed by atoms with Crippen molar-refractivity contribution in [2.24, 2.45) is 5.41 Å². The van der Waals surface area contributed by atoms with Gasteiger partial charge in [0.1, 0.15) is 0 Å². The molecule has 2 aliphatic heterocycles. The van der Waals surface area contributed by atoms with Crippen LogP contribution in [0.1, 0.15) is 56.3 Å². The molecule has 0 radical (unpaired) electrons. The first-order valence-corrected chi connectivity index (χ1v) is 10.5. The summed E-state index contributed by atoms with van der Waals surface area (Å²) < 4.78 is 6.06. The minimum Gasteiger partial charge on any atom is -0.469 e. The second-order valence-electron chi connectivity index (χ2n) is 7.79. The summed E-state index contributed by atoms with van der Waals surface area (Å²) >= 11 is 3.62. The first-order chi connectivity index (χ1) is 12.6. The van der Waals surface area contributed by atoms with Crippen molar-refractivity contribution in [1.82, 2.24) is 9.88 Å². The standard InChI is InChI=1S/C21H27BrN2O2/c1-3-21(10-7-18(25)26-2)9-4-11-24-12-8-15-16-13-14(22)5-6-17(16)23-19(15)20(21)24/h5-6,13,20,23H,3-4,7-12H2,1-2H3. The number of carbonyl (C=O) groups is 1. The molecule has 3 heterocycles. The van der Waals surface area contributed by atoms with Crippen molar-refractivity contribution >= 4 is 32.8 Å². The van der Waals surface area contributed by atoms with Crippen LogP contribution in [0, 0.1) is 5.41 Å². The molecule has 5 heteroatoms. The molecule has 26 heavy (non-hydrogen) atoms. The van der Waals surface area contributed by atoms with E-state index in [0.29, 0.717) is 12.5 Å². The van der Waals surface area contributed by atoms with E-state index in [2.05, 4.69) is 50.9 Å². The van der Waals surface area contributed by atoms with Gasteiger partial charge in [-0.05, 0) is 67.8 Å². The molecule has 4 rings (SSSR count). The van der Waals surface area contributed by atoms with Crippen molar-refractivity contribution < 1.29 is 9.53 Å². The van der Waals surface area contributed by atoms with Gasteiger partial charge in [-0.2, -0.15) is 0 Å². The lowest BCUT2D eigenvalue weighted by molar-refractivity contribution is -0.142. The van der Waals surface area contributed by atoms with Gasteiger partial charge in [-0.3, -0.25) is 9.69 Å². The number of ether oxygens (including phenoxy) is 1. The van der Waals surface area contributed by atoms with Crippen LogP contribution in [0.3, 0.4) is 0 Å². The van der Waals surface area contributed by atoms with Crippen LogP contribution in [0.4, 0.5) is 0 Å². The van der Waals surface area contributed by atoms with E-state index in [4.69, 9.17) is 4.74 Å². The van der Waals surface area contributed by atoms with E-state index in [9.17, 15) is 4.79 Å². The summed E-state index contributed by atoms with van der Waals surface area (Å²) in [6, 6.07) is 6.90. The Morgan fingerprint density at radius 2 is 2.27 bits per heavy atom. The fourth-order valence-electron chi connectivity index (χ4n) is 5.28. The number of aromatic amines is 1. The van der Waals surface area contributed by atoms with Crippen LogP contribution in [-0.2, 0) is 16.0 Å². The molecule has 1 saturated heterocycles. The van der Waals surface area contributed by atoms with Gasteiger partial charge in [0, 0.05) is 34.0 Å². The molecule has 2 aromatic rings. The monoisotopic (exact) mass is 418 g/mol. The van der Waals surface area contributed by atoms with E-state index in [0.717, 1.165) is 36.8 Å². The van der Waals surface area contributed by atoms with Crippen LogP contribution >= 0.6 is 15.9 Å². The summed E-state index contributed by atoms with van der Waals surface area (Å²) in [6.07, 6.45) is 5.99. The van der Waals surface area contributed by atoms with Gasteiger partial charge >= 0.3 is 5.97 Å². The number of benzene rings is 1. The largest absolute Gasteiger partial charge is 0.469 e. The summed E-state index contributed by atoms with van der Waals surface area (Å²) in [7, 11) is 1.49. The van der Waals surface area contributed by atoms with Crippen molar-refractivity contribution in [2.45, 2.75) is 51.5 Å². The van der Waals surface area contributed by atoms with Crippen molar-refractivity contribution in [1.29, 1.82) is 0 Å². The third kappa shape index (κ3) is 2.89. The fraction of sp³-hybridized carbons (Fsp3) is 0.571. The Morgan fingerprint density at radius 1 is 1.42 bits per heavy atom. The van der Waals surface area contributed by atoms with Crippen LogP contribution < -0.4 is 0 Å². The summed E-state index contributed by atoms with van der Waals surface area (Å²) in [4.78, 5) is 18.3. The molecule has 0 amide bonds. The lowest BCUT2D eigenvalue weighted by Crippen LogP contribution is -2.49. The van der Waals surface area contributed by atoms with Gasteiger partial charge in [-0.25, -0.2) is 0 Å². The van der Waals surface area contributed by atoms with E-state index < -0.39 is 0 Å². The molecule has 1 aromatic carbocycles. The predicted molar refractivity (Wildman–Crippen MR) is 107 cm³/mol. The Balaban J connectivity index is 1.78. The Morgan fingerprint density at radius 3 is 3.04 bits per heavy atom. The third-order valence-corrected chi connectivity index (χ3v) is 7.14. The Hall–Kier alpha value is -1.33. The van der Waals surface area contributed by atoms with Gasteiger partial charge in [-0.15, -0.1) is 0 Å². The highest BCUT2D eigenvalue weighted by molar-refractivity contribution is 9.10. The van der Waals surface area contributed by atoms with Crippen LogP contribution in [0.2, 0.25) is 0 Å². The second-order valence-corrected chi connectivity index (χ2v) is 8.71. The molecule has 0 spiro atoms. The number of hydrogen-bond donors (Lipinski definition) is 1. The number of rotatable bonds is 4. The quantitative estimate of drug-likeness (QED) is 0.712.